The van der Waals surface area contributed by atoms with E-state index in [2.05, 4.69) is 22.0 Å². The first-order valence-corrected chi connectivity index (χ1v) is 11.3. The van der Waals surface area contributed by atoms with E-state index in [0.717, 1.165) is 41.2 Å². The summed E-state index contributed by atoms with van der Waals surface area (Å²) >= 11 is 0. The maximum Gasteiger partial charge on any atom is 0.254 e. The zero-order valence-corrected chi connectivity index (χ0v) is 18.9. The Morgan fingerprint density at radius 3 is 2.85 bits per heavy atom. The number of anilines is 1. The molecule has 1 N–H and O–H groups in total. The maximum atomic E-state index is 13.7. The monoisotopic (exact) mass is 444 g/mol. The molecule has 0 aliphatic carbocycles. The van der Waals surface area contributed by atoms with Gasteiger partial charge in [0.25, 0.3) is 5.91 Å². The lowest BCUT2D eigenvalue weighted by atomic mass is 10.1. The number of nitrogens with one attached hydrogen (secondary N) is 1. The number of fused-ring (bicyclic) bond motifs is 1. The van der Waals surface area contributed by atoms with Crippen molar-refractivity contribution in [3.05, 3.63) is 72.1 Å². The molecule has 0 saturated carbocycles. The van der Waals surface area contributed by atoms with Crippen LogP contribution in [0.3, 0.4) is 0 Å². The lowest BCUT2D eigenvalue weighted by Gasteiger charge is -2.36. The number of aromatic amines is 1. The molecule has 1 amide bonds. The Bertz CT molecular complexity index is 1230. The third kappa shape index (κ3) is 4.09. The fraction of sp³-hybridized carbons (Fsp3) is 0.320. The minimum atomic E-state index is -0.0313. The summed E-state index contributed by atoms with van der Waals surface area (Å²) in [7, 11) is 1.84. The van der Waals surface area contributed by atoms with E-state index < -0.39 is 0 Å². The highest BCUT2D eigenvalue weighted by molar-refractivity contribution is 6.06. The second kappa shape index (κ2) is 9.07. The van der Waals surface area contributed by atoms with Crippen molar-refractivity contribution in [3.63, 3.8) is 0 Å². The third-order valence-electron chi connectivity index (χ3n) is 6.22. The van der Waals surface area contributed by atoms with Crippen LogP contribution in [0.1, 0.15) is 29.3 Å². The zero-order chi connectivity index (χ0) is 22.8. The summed E-state index contributed by atoms with van der Waals surface area (Å²) < 4.78 is 7.64. The summed E-state index contributed by atoms with van der Waals surface area (Å²) in [4.78, 5) is 22.7. The average molecular weight is 445 g/mol. The summed E-state index contributed by atoms with van der Waals surface area (Å²) in [6, 6.07) is 16.0. The molecule has 5 rings (SSSR count). The van der Waals surface area contributed by atoms with E-state index in [1.165, 1.54) is 0 Å². The van der Waals surface area contributed by atoms with Crippen molar-refractivity contribution >= 4 is 22.8 Å². The summed E-state index contributed by atoms with van der Waals surface area (Å²) in [5.74, 6) is 1.57. The molecule has 1 aliphatic rings. The maximum absolute atomic E-state index is 13.7. The molecule has 1 saturated heterocycles. The summed E-state index contributed by atoms with van der Waals surface area (Å²) in [6.45, 7) is 4.74. The number of ether oxygens (including phenoxy) is 1. The number of pyridine rings is 1. The van der Waals surface area contributed by atoms with Crippen LogP contribution in [-0.4, -0.2) is 63.4 Å². The number of rotatable bonds is 6. The van der Waals surface area contributed by atoms with Crippen LogP contribution in [0.2, 0.25) is 0 Å². The predicted octanol–water partition coefficient (Wildman–Crippen LogP) is 3.64. The molecule has 3 aromatic heterocycles. The lowest BCUT2D eigenvalue weighted by molar-refractivity contribution is 0.0787. The van der Waals surface area contributed by atoms with Crippen LogP contribution in [0.5, 0.6) is 0 Å². The van der Waals surface area contributed by atoms with Crippen LogP contribution in [0.4, 0.5) is 5.82 Å². The fourth-order valence-corrected chi connectivity index (χ4v) is 4.43. The van der Waals surface area contributed by atoms with Crippen molar-refractivity contribution in [2.75, 3.05) is 31.7 Å². The molecular weight excluding hydrogens is 416 g/mol. The highest BCUT2D eigenvalue weighted by Crippen LogP contribution is 2.29. The van der Waals surface area contributed by atoms with Gasteiger partial charge in [-0.1, -0.05) is 37.3 Å². The minimum Gasteiger partial charge on any atom is -0.377 e. The number of hydrogen-bond donors (Lipinski definition) is 1. The first-order valence-electron chi connectivity index (χ1n) is 11.3. The van der Waals surface area contributed by atoms with Crippen LogP contribution in [0.15, 0.2) is 60.9 Å². The van der Waals surface area contributed by atoms with E-state index in [4.69, 9.17) is 9.72 Å². The van der Waals surface area contributed by atoms with Crippen LogP contribution >= 0.6 is 0 Å². The molecule has 1 aliphatic heterocycles. The predicted molar refractivity (Wildman–Crippen MR) is 128 cm³/mol. The first-order chi connectivity index (χ1) is 16.2. The molecule has 0 radical (unpaired) electrons. The Hall–Kier alpha value is -3.65. The zero-order valence-electron chi connectivity index (χ0n) is 18.9. The standard InChI is InChI=1S/C25H28N6O2/c1-3-19-17-33-14-13-30(19)23-15-21(25(32)29(2)16-18-7-5-4-6-8-18)20-10-12-31(24(20)27-23)22-9-11-26-28-22/h4-12,15,19H,3,13-14,16-17H2,1-2H3,(H,26,28)/t19-/m1/s1. The Morgan fingerprint density at radius 1 is 1.24 bits per heavy atom. The number of carbonyl (C=O) groups excluding carboxylic acids is 1. The van der Waals surface area contributed by atoms with Crippen LogP contribution in [0.25, 0.3) is 16.9 Å². The van der Waals surface area contributed by atoms with E-state index in [0.29, 0.717) is 25.3 Å². The van der Waals surface area contributed by atoms with Gasteiger partial charge in [-0.3, -0.25) is 14.5 Å². The Labute approximate surface area is 192 Å². The summed E-state index contributed by atoms with van der Waals surface area (Å²) in [5.41, 5.74) is 2.47. The van der Waals surface area contributed by atoms with Gasteiger partial charge in [-0.15, -0.1) is 0 Å². The average Bonchev–Trinajstić information content (AvgIpc) is 3.53. The van der Waals surface area contributed by atoms with Gasteiger partial charge in [0.05, 0.1) is 31.0 Å². The van der Waals surface area contributed by atoms with Crippen molar-refractivity contribution < 1.29 is 9.53 Å². The van der Waals surface area contributed by atoms with Gasteiger partial charge in [-0.2, -0.15) is 5.10 Å². The molecule has 1 atom stereocenters. The van der Waals surface area contributed by atoms with E-state index in [-0.39, 0.29) is 11.9 Å². The van der Waals surface area contributed by atoms with Gasteiger partial charge >= 0.3 is 0 Å². The van der Waals surface area contributed by atoms with E-state index in [1.54, 1.807) is 11.1 Å². The van der Waals surface area contributed by atoms with Gasteiger partial charge in [-0.05, 0) is 24.1 Å². The highest BCUT2D eigenvalue weighted by atomic mass is 16.5. The number of aromatic nitrogens is 4. The SMILES string of the molecule is CC[C@@H]1COCCN1c1cc(C(=O)N(C)Cc2ccccc2)c2ccn(-c3ccn[nH]3)c2n1. The molecule has 4 aromatic rings. The number of nitrogens with zero attached hydrogens (tertiary/aromatic N) is 5. The number of H-pyrrole nitrogens is 1. The van der Waals surface area contributed by atoms with Crippen molar-refractivity contribution in [1.29, 1.82) is 0 Å². The third-order valence-corrected chi connectivity index (χ3v) is 6.22. The van der Waals surface area contributed by atoms with Crippen LogP contribution in [-0.2, 0) is 11.3 Å². The molecular formula is C25H28N6O2. The Balaban J connectivity index is 1.60. The molecule has 0 bridgehead atoms. The normalized spacial score (nSPS) is 16.3. The molecule has 8 heteroatoms. The van der Waals surface area contributed by atoms with Crippen molar-refractivity contribution in [2.45, 2.75) is 25.9 Å². The molecule has 0 spiro atoms. The number of amides is 1. The molecule has 33 heavy (non-hydrogen) atoms. The van der Waals surface area contributed by atoms with Gasteiger partial charge in [0.1, 0.15) is 17.3 Å². The van der Waals surface area contributed by atoms with Crippen molar-refractivity contribution in [1.82, 2.24) is 24.6 Å². The van der Waals surface area contributed by atoms with Gasteiger partial charge < -0.3 is 14.5 Å². The minimum absolute atomic E-state index is 0.0313. The highest BCUT2D eigenvalue weighted by Gasteiger charge is 2.26. The molecule has 170 valence electrons. The number of benzene rings is 1. The summed E-state index contributed by atoms with van der Waals surface area (Å²) in [5, 5.41) is 7.90. The smallest absolute Gasteiger partial charge is 0.254 e. The number of hydrogen-bond acceptors (Lipinski definition) is 5. The van der Waals surface area contributed by atoms with E-state index in [1.807, 2.05) is 66.3 Å². The van der Waals surface area contributed by atoms with E-state index in [9.17, 15) is 4.79 Å². The van der Waals surface area contributed by atoms with Gasteiger partial charge in [0.2, 0.25) is 0 Å². The second-order valence-corrected chi connectivity index (χ2v) is 8.37. The Morgan fingerprint density at radius 2 is 2.09 bits per heavy atom. The molecule has 8 nitrogen and oxygen atoms in total. The van der Waals surface area contributed by atoms with Crippen molar-refractivity contribution in [2.24, 2.45) is 0 Å². The van der Waals surface area contributed by atoms with Crippen LogP contribution in [0, 0.1) is 0 Å². The van der Waals surface area contributed by atoms with Crippen LogP contribution < -0.4 is 4.90 Å². The summed E-state index contributed by atoms with van der Waals surface area (Å²) in [6.07, 6.45) is 4.58. The lowest BCUT2D eigenvalue weighted by Crippen LogP contribution is -2.45. The molecule has 1 aromatic carbocycles. The second-order valence-electron chi connectivity index (χ2n) is 8.37. The van der Waals surface area contributed by atoms with E-state index >= 15 is 0 Å². The molecule has 0 unspecified atom stereocenters. The van der Waals surface area contributed by atoms with Gasteiger partial charge in [0, 0.05) is 37.8 Å². The largest absolute Gasteiger partial charge is 0.377 e. The first kappa shape index (κ1) is 21.2. The Kier molecular flexibility index (Phi) is 5.83. The molecule has 1 fully saturated rings. The number of carbonyl (C=O) groups is 1. The fourth-order valence-electron chi connectivity index (χ4n) is 4.43. The van der Waals surface area contributed by atoms with Gasteiger partial charge in [0.15, 0.2) is 0 Å². The topological polar surface area (TPSA) is 79.3 Å². The number of morpholine rings is 1. The quantitative estimate of drug-likeness (QED) is 0.491. The molecule has 4 heterocycles. The van der Waals surface area contributed by atoms with Crippen molar-refractivity contribution in [3.8, 4) is 5.82 Å². The van der Waals surface area contributed by atoms with Gasteiger partial charge in [-0.25, -0.2) is 4.98 Å².